The predicted octanol–water partition coefficient (Wildman–Crippen LogP) is 17.7. The second kappa shape index (κ2) is 37.0. The minimum atomic E-state index is -5.08. The van der Waals surface area contributed by atoms with Gasteiger partial charge in [0, 0.05) is 22.4 Å². The fourth-order valence-electron chi connectivity index (χ4n) is 11.0. The van der Waals surface area contributed by atoms with E-state index < -0.39 is 131 Å². The lowest BCUT2D eigenvalue weighted by Gasteiger charge is -2.51. The lowest BCUT2D eigenvalue weighted by Crippen LogP contribution is -2.66. The lowest BCUT2D eigenvalue weighted by atomic mass is 9.75. The van der Waals surface area contributed by atoms with Crippen LogP contribution in [0.3, 0.4) is 0 Å². The van der Waals surface area contributed by atoms with Crippen molar-refractivity contribution in [1.82, 2.24) is 14.5 Å². The van der Waals surface area contributed by atoms with Crippen molar-refractivity contribution in [3.63, 3.8) is 0 Å². The first-order chi connectivity index (χ1) is 47.2. The number of nitrogens with zero attached hydrogens (tertiary/aromatic N) is 4. The number of nitrogens with two attached hydrogens (primary N) is 1. The van der Waals surface area contributed by atoms with Crippen molar-refractivity contribution in [2.45, 2.75) is 140 Å². The Morgan fingerprint density at radius 1 is 0.534 bits per heavy atom. The number of hydrogen-bond donors (Lipinski definition) is 2. The van der Waals surface area contributed by atoms with Gasteiger partial charge >= 0.3 is 36.9 Å². The second-order valence-electron chi connectivity index (χ2n) is 23.8. The number of hydrogen-bond acceptors (Lipinski definition) is 13. The van der Waals surface area contributed by atoms with Crippen LogP contribution in [-0.4, -0.2) is 99.5 Å². The van der Waals surface area contributed by atoms with Gasteiger partial charge in [-0.2, -0.15) is 67.9 Å². The normalized spacial score (nSPS) is 19.9. The minimum Gasteiger partial charge on any atom is -0.445 e. The van der Waals surface area contributed by atoms with E-state index in [9.17, 15) is 89.6 Å². The Hall–Kier alpha value is -7.39. The maximum Gasteiger partial charge on any atom is 0.416 e. The number of rotatable bonds is 22. The zero-order chi connectivity index (χ0) is 74.9. The summed E-state index contributed by atoms with van der Waals surface area (Å²) in [6.45, 7) is 0.708. The largest absolute Gasteiger partial charge is 0.445 e. The Morgan fingerprint density at radius 3 is 1.19 bits per heavy atom. The maximum atomic E-state index is 14.0. The standard InChI is InChI=1S/C34H34ClF6N3O5S.C31H29F6N3O3.C3H6Cl2O2S.2CH4/c1-24(26-17-28(33(36,37)38)19-29(18-26)34(39,40)41)49-23-32(27-11-6-3-7-12-27)14-13-31(21-42,43-50(46,47)16-8-15-35)22-44(32)30(45)48-20-25-9-4-2-5-10-25;1-21(23-14-25(30(32,33)34)16-26(15-23)31(35,36)37)43-20-29(24-10-6-3-7-11-24)13-12-28(39,18-38)19-40(29)27(41)42-17-22-8-4-2-5-9-22;4-2-1-3-8(5,6)7;;/h2-7,9-12,17-19,24,43H,8,13-16,20,22-23H2,1H3;2-11,14-16,21H,12-13,17,19-20,39H2,1H3;1-3H2;2*1H4/t24-,31-,32-;21-,28-,29-;;;/m11.../s1. The molecule has 8 rings (SSSR count). The Kier molecular flexibility index (Phi) is 31.6. The molecule has 33 heteroatoms. The molecule has 2 aliphatic heterocycles. The van der Waals surface area contributed by atoms with Crippen molar-refractivity contribution in [1.29, 1.82) is 10.5 Å². The fraction of sp³-hybridized carbons (Fsp3) is 0.429. The summed E-state index contributed by atoms with van der Waals surface area (Å²) < 4.78 is 235. The van der Waals surface area contributed by atoms with E-state index in [2.05, 4.69) is 4.72 Å². The number of likely N-dealkylation sites (tertiary alicyclic amines) is 2. The molecule has 0 spiro atoms. The van der Waals surface area contributed by atoms with Gasteiger partial charge in [0.2, 0.25) is 19.1 Å². The number of benzene rings is 6. The third-order valence-corrected chi connectivity index (χ3v) is 19.8. The number of sulfonamides is 1. The second-order valence-corrected chi connectivity index (χ2v) is 29.3. The van der Waals surface area contributed by atoms with E-state index in [1.54, 1.807) is 121 Å². The van der Waals surface area contributed by atoms with Crippen molar-refractivity contribution >= 4 is 65.1 Å². The first kappa shape index (κ1) is 88.0. The molecule has 2 amide bonds. The number of alkyl halides is 14. The van der Waals surface area contributed by atoms with E-state index >= 15 is 0 Å². The summed E-state index contributed by atoms with van der Waals surface area (Å²) in [7, 11) is -2.54. The quantitative estimate of drug-likeness (QED) is 0.0366. The van der Waals surface area contributed by atoms with Crippen molar-refractivity contribution in [3.8, 4) is 12.1 Å². The van der Waals surface area contributed by atoms with Crippen LogP contribution in [0.2, 0.25) is 0 Å². The molecule has 2 saturated heterocycles. The van der Waals surface area contributed by atoms with Crippen LogP contribution in [0.25, 0.3) is 0 Å². The molecule has 0 aliphatic carbocycles. The maximum absolute atomic E-state index is 14.0. The molecular weight excluding hydrogens is 1480 g/mol. The molecule has 0 saturated carbocycles. The highest BCUT2D eigenvalue weighted by molar-refractivity contribution is 8.13. The van der Waals surface area contributed by atoms with E-state index in [0.29, 0.717) is 58.8 Å². The van der Waals surface area contributed by atoms with Gasteiger partial charge in [-0.15, -0.1) is 23.2 Å². The van der Waals surface area contributed by atoms with Gasteiger partial charge in [-0.25, -0.2) is 26.4 Å². The molecule has 6 aromatic carbocycles. The SMILES string of the molecule is C.C.C[C@@H](OC[C@@]1(c2ccccc2)CC[C@@](N)(C#N)CN1C(=O)OCc1ccccc1)c1cc(C(F)(F)F)cc(C(F)(F)F)c1.C[C@@H](OC[C@@]1(c2ccccc2)CC[C@](C#N)(NS(=O)(=O)CCCCl)CN1C(=O)OCc1ccccc1)c1cc(C(F)(F)F)cc(C(F)(F)F)c1.O=S(=O)(Cl)CCCCl. The number of halogens is 15. The topological polar surface area (TPSA) is 231 Å². The summed E-state index contributed by atoms with van der Waals surface area (Å²) in [6, 6.07) is 40.8. The fourth-order valence-corrected chi connectivity index (χ4v) is 13.9. The van der Waals surface area contributed by atoms with Crippen LogP contribution in [-0.2, 0) is 87.0 Å². The predicted molar refractivity (Wildman–Crippen MR) is 365 cm³/mol. The summed E-state index contributed by atoms with van der Waals surface area (Å²) in [5, 5.41) is 20.1. The first-order valence-electron chi connectivity index (χ1n) is 30.7. The molecule has 0 bridgehead atoms. The lowest BCUT2D eigenvalue weighted by molar-refractivity contribution is -0.145. The van der Waals surface area contributed by atoms with Crippen LogP contribution in [0.1, 0.15) is 135 Å². The summed E-state index contributed by atoms with van der Waals surface area (Å²) in [4.78, 5) is 30.1. The summed E-state index contributed by atoms with van der Waals surface area (Å²) in [6.07, 6.45) is -24.1. The van der Waals surface area contributed by atoms with Crippen LogP contribution in [0, 0.1) is 22.7 Å². The number of carbonyl (C=O) groups excluding carboxylic acids is 2. The molecule has 2 aliphatic rings. The average Bonchev–Trinajstić information content (AvgIpc) is 0.747. The summed E-state index contributed by atoms with van der Waals surface area (Å²) in [5.74, 6) is -0.0366. The van der Waals surface area contributed by atoms with Crippen LogP contribution in [0.5, 0.6) is 0 Å². The number of nitrogens with one attached hydrogen (secondary N) is 1. The van der Waals surface area contributed by atoms with Crippen molar-refractivity contribution in [3.05, 3.63) is 213 Å². The Balaban J connectivity index is 0.000000390. The number of carbonyl (C=O) groups is 2. The molecule has 2 heterocycles. The number of nitriles is 2. The Morgan fingerprint density at radius 2 is 0.874 bits per heavy atom. The highest BCUT2D eigenvalue weighted by Gasteiger charge is 2.55. The van der Waals surface area contributed by atoms with Gasteiger partial charge in [-0.1, -0.05) is 136 Å². The summed E-state index contributed by atoms with van der Waals surface area (Å²) in [5.41, 5.74) is -4.17. The molecule has 103 heavy (non-hydrogen) atoms. The molecule has 6 atom stereocenters. The van der Waals surface area contributed by atoms with Gasteiger partial charge in [0.25, 0.3) is 0 Å². The third kappa shape index (κ3) is 24.9. The van der Waals surface area contributed by atoms with Gasteiger partial charge in [0.15, 0.2) is 0 Å². The number of piperidine rings is 2. The molecule has 0 radical (unpaired) electrons. The van der Waals surface area contributed by atoms with Gasteiger partial charge in [0.1, 0.15) is 24.3 Å². The van der Waals surface area contributed by atoms with Gasteiger partial charge in [-0.3, -0.25) is 9.80 Å². The molecule has 6 aromatic rings. The monoisotopic (exact) mass is 1560 g/mol. The van der Waals surface area contributed by atoms with E-state index in [1.165, 1.54) is 18.7 Å². The van der Waals surface area contributed by atoms with E-state index in [0.717, 1.165) is 4.90 Å². The molecular formula is C70H77Cl3F12N6O10S2. The van der Waals surface area contributed by atoms with Crippen molar-refractivity contribution < 1.29 is 98.1 Å². The van der Waals surface area contributed by atoms with E-state index in [1.807, 2.05) is 12.1 Å². The Labute approximate surface area is 605 Å². The first-order valence-corrected chi connectivity index (χ1v) is 35.9. The highest BCUT2D eigenvalue weighted by atomic mass is 35.7. The molecule has 3 N–H and O–H groups in total. The van der Waals surface area contributed by atoms with Crippen molar-refractivity contribution in [2.24, 2.45) is 5.73 Å². The van der Waals surface area contributed by atoms with Gasteiger partial charge < -0.3 is 24.7 Å². The molecule has 0 aromatic heterocycles. The van der Waals surface area contributed by atoms with Gasteiger partial charge in [0.05, 0.1) is 95.5 Å². The molecule has 564 valence electrons. The molecule has 2 fully saturated rings. The van der Waals surface area contributed by atoms with E-state index in [-0.39, 0.29) is 108 Å². The molecule has 16 nitrogen and oxygen atoms in total. The van der Waals surface area contributed by atoms with Crippen LogP contribution >= 0.6 is 33.9 Å². The smallest absolute Gasteiger partial charge is 0.416 e. The number of amides is 2. The summed E-state index contributed by atoms with van der Waals surface area (Å²) >= 11 is 10.9. The van der Waals surface area contributed by atoms with E-state index in [4.69, 9.17) is 58.6 Å². The third-order valence-electron chi connectivity index (χ3n) is 16.5. The highest BCUT2D eigenvalue weighted by Crippen LogP contribution is 2.47. The zero-order valence-corrected chi connectivity index (χ0v) is 57.8. The average molecular weight is 1560 g/mol. The zero-order valence-electron chi connectivity index (χ0n) is 53.9. The number of ether oxygens (including phenoxy) is 4. The van der Waals surface area contributed by atoms with Crippen LogP contribution in [0.15, 0.2) is 158 Å². The van der Waals surface area contributed by atoms with Crippen LogP contribution < -0.4 is 10.5 Å². The Bertz CT molecular complexity index is 3990. The van der Waals surface area contributed by atoms with Gasteiger partial charge in [-0.05, 0) is 122 Å². The van der Waals surface area contributed by atoms with Crippen molar-refractivity contribution in [2.75, 3.05) is 49.6 Å². The molecule has 0 unspecified atom stereocenters. The van der Waals surface area contributed by atoms with Crippen LogP contribution in [0.4, 0.5) is 62.3 Å². The minimum absolute atomic E-state index is 0.